The minimum Gasteiger partial charge on any atom is -0.497 e. The summed E-state index contributed by atoms with van der Waals surface area (Å²) in [6.07, 6.45) is 1.85. The molecule has 3 aromatic carbocycles. The van der Waals surface area contributed by atoms with Crippen molar-refractivity contribution in [1.82, 2.24) is 5.32 Å². The average molecular weight is 495 g/mol. The van der Waals surface area contributed by atoms with Crippen LogP contribution in [0.2, 0.25) is 0 Å². The van der Waals surface area contributed by atoms with Gasteiger partial charge in [-0.25, -0.2) is 13.2 Å². The highest BCUT2D eigenvalue weighted by molar-refractivity contribution is 7.92. The molecule has 1 aliphatic rings. The number of carbonyl (C=O) groups is 2. The van der Waals surface area contributed by atoms with Crippen LogP contribution in [0.5, 0.6) is 5.75 Å². The Balaban J connectivity index is 1.59. The predicted molar refractivity (Wildman–Crippen MR) is 131 cm³/mol. The molecule has 3 aromatic rings. The molecule has 0 radical (unpaired) electrons. The van der Waals surface area contributed by atoms with E-state index in [4.69, 9.17) is 9.47 Å². The van der Waals surface area contributed by atoms with Crippen LogP contribution in [-0.2, 0) is 26.1 Å². The number of carbonyl (C=O) groups excluding carboxylic acids is 2. The van der Waals surface area contributed by atoms with Gasteiger partial charge in [-0.1, -0.05) is 36.4 Å². The Morgan fingerprint density at radius 2 is 1.69 bits per heavy atom. The Bertz CT molecular complexity index is 1290. The monoisotopic (exact) mass is 494 g/mol. The van der Waals surface area contributed by atoms with Gasteiger partial charge in [0.25, 0.3) is 15.9 Å². The summed E-state index contributed by atoms with van der Waals surface area (Å²) in [7, 11) is -2.53. The van der Waals surface area contributed by atoms with Crippen LogP contribution in [0.25, 0.3) is 0 Å². The number of ether oxygens (including phenoxy) is 2. The molecule has 0 aromatic heterocycles. The zero-order valence-corrected chi connectivity index (χ0v) is 20.0. The smallest absolute Gasteiger partial charge is 0.338 e. The second-order valence-electron chi connectivity index (χ2n) is 8.14. The van der Waals surface area contributed by atoms with Crippen LogP contribution >= 0.6 is 0 Å². The van der Waals surface area contributed by atoms with E-state index in [-0.39, 0.29) is 29.0 Å². The highest BCUT2D eigenvalue weighted by Crippen LogP contribution is 2.28. The van der Waals surface area contributed by atoms with Crippen LogP contribution < -0.4 is 14.4 Å². The summed E-state index contributed by atoms with van der Waals surface area (Å²) in [6.45, 7) is -0.330. The molecule has 35 heavy (non-hydrogen) atoms. The van der Waals surface area contributed by atoms with Gasteiger partial charge in [0.15, 0.2) is 6.61 Å². The Hall–Kier alpha value is -3.85. The van der Waals surface area contributed by atoms with Crippen molar-refractivity contribution in [3.05, 3.63) is 90.0 Å². The number of sulfonamides is 1. The second kappa shape index (κ2) is 10.6. The molecule has 0 aliphatic heterocycles. The first-order valence-corrected chi connectivity index (χ1v) is 12.6. The number of nitrogens with zero attached hydrogens (tertiary/aromatic N) is 1. The maximum atomic E-state index is 13.7. The van der Waals surface area contributed by atoms with Crippen molar-refractivity contribution in [2.24, 2.45) is 0 Å². The van der Waals surface area contributed by atoms with Gasteiger partial charge in [0.05, 0.1) is 29.8 Å². The number of anilines is 1. The Morgan fingerprint density at radius 1 is 0.971 bits per heavy atom. The number of hydrogen-bond acceptors (Lipinski definition) is 6. The summed E-state index contributed by atoms with van der Waals surface area (Å²) < 4.78 is 39.0. The van der Waals surface area contributed by atoms with Crippen LogP contribution in [0.15, 0.2) is 83.8 Å². The van der Waals surface area contributed by atoms with Gasteiger partial charge in [-0.2, -0.15) is 0 Å². The number of benzene rings is 3. The average Bonchev–Trinajstić information content (AvgIpc) is 3.70. The lowest BCUT2D eigenvalue weighted by Gasteiger charge is -2.25. The minimum absolute atomic E-state index is 0.0414. The van der Waals surface area contributed by atoms with Crippen molar-refractivity contribution in [2.45, 2.75) is 30.3 Å². The van der Waals surface area contributed by atoms with Crippen molar-refractivity contribution in [3.63, 3.8) is 0 Å². The molecule has 0 saturated heterocycles. The van der Waals surface area contributed by atoms with E-state index >= 15 is 0 Å². The maximum Gasteiger partial charge on any atom is 0.338 e. The van der Waals surface area contributed by atoms with Crippen molar-refractivity contribution in [3.8, 4) is 5.75 Å². The fourth-order valence-electron chi connectivity index (χ4n) is 3.43. The fourth-order valence-corrected chi connectivity index (χ4v) is 4.93. The van der Waals surface area contributed by atoms with Gasteiger partial charge >= 0.3 is 5.97 Å². The first-order chi connectivity index (χ1) is 16.9. The number of hydrogen-bond donors (Lipinski definition) is 1. The zero-order valence-electron chi connectivity index (χ0n) is 19.2. The normalized spacial score (nSPS) is 13.1. The van der Waals surface area contributed by atoms with E-state index in [0.717, 1.165) is 18.4 Å². The number of amides is 1. The van der Waals surface area contributed by atoms with E-state index in [1.54, 1.807) is 24.3 Å². The molecular weight excluding hydrogens is 468 g/mol. The van der Waals surface area contributed by atoms with Gasteiger partial charge in [-0.15, -0.1) is 0 Å². The summed E-state index contributed by atoms with van der Waals surface area (Å²) in [5.74, 6) is -0.550. The second-order valence-corrected chi connectivity index (χ2v) is 10.0. The number of nitrogens with one attached hydrogen (secondary N) is 1. The van der Waals surface area contributed by atoms with Gasteiger partial charge in [0.2, 0.25) is 0 Å². The number of rotatable bonds is 10. The molecule has 182 valence electrons. The van der Waals surface area contributed by atoms with Crippen LogP contribution in [0.1, 0.15) is 28.8 Å². The summed E-state index contributed by atoms with van der Waals surface area (Å²) in [5.41, 5.74) is 1.28. The van der Waals surface area contributed by atoms with Crippen LogP contribution in [-0.4, -0.2) is 40.1 Å². The standard InChI is InChI=1S/C26H26N2O6S/c1-33-23-14-12-22(13-15-23)28(17-19-6-3-2-4-7-19)35(31,32)24-9-5-8-20(16-24)26(30)34-18-25(29)27-21-10-11-21/h2-9,12-16,21H,10-11,17-18H2,1H3,(H,27,29). The third-order valence-electron chi connectivity index (χ3n) is 5.46. The third-order valence-corrected chi connectivity index (χ3v) is 7.23. The Kier molecular flexibility index (Phi) is 7.36. The topological polar surface area (TPSA) is 102 Å². The van der Waals surface area contributed by atoms with Crippen molar-refractivity contribution < 1.29 is 27.5 Å². The quantitative estimate of drug-likeness (QED) is 0.433. The van der Waals surface area contributed by atoms with Crippen molar-refractivity contribution in [2.75, 3.05) is 18.0 Å². The fraction of sp³-hybridized carbons (Fsp3) is 0.231. The van der Waals surface area contributed by atoms with Crippen molar-refractivity contribution in [1.29, 1.82) is 0 Å². The summed E-state index contributed by atoms with van der Waals surface area (Å²) in [5, 5.41) is 2.73. The molecule has 8 nitrogen and oxygen atoms in total. The van der Waals surface area contributed by atoms with Gasteiger partial charge in [-0.05, 0) is 60.9 Å². The zero-order chi connectivity index (χ0) is 24.8. The molecule has 1 saturated carbocycles. The van der Waals surface area contributed by atoms with E-state index in [1.807, 2.05) is 30.3 Å². The molecule has 1 fully saturated rings. The molecule has 4 rings (SSSR count). The third kappa shape index (κ3) is 6.19. The van der Waals surface area contributed by atoms with E-state index < -0.39 is 22.6 Å². The minimum atomic E-state index is -4.06. The number of esters is 1. The van der Waals surface area contributed by atoms with Crippen molar-refractivity contribution >= 4 is 27.6 Å². The van der Waals surface area contributed by atoms with E-state index in [0.29, 0.717) is 11.4 Å². The van der Waals surface area contributed by atoms with Gasteiger partial charge < -0.3 is 14.8 Å². The lowest BCUT2D eigenvalue weighted by Crippen LogP contribution is -2.31. The Morgan fingerprint density at radius 3 is 2.34 bits per heavy atom. The summed E-state index contributed by atoms with van der Waals surface area (Å²) in [6, 6.07) is 21.7. The lowest BCUT2D eigenvalue weighted by atomic mass is 10.2. The van der Waals surface area contributed by atoms with E-state index in [1.165, 1.54) is 35.7 Å². The molecule has 0 heterocycles. The van der Waals surface area contributed by atoms with Gasteiger partial charge in [0.1, 0.15) is 5.75 Å². The Labute approximate surface area is 204 Å². The predicted octanol–water partition coefficient (Wildman–Crippen LogP) is 3.53. The molecule has 0 atom stereocenters. The molecule has 9 heteroatoms. The molecule has 1 aliphatic carbocycles. The van der Waals surface area contributed by atoms with Gasteiger partial charge in [0, 0.05) is 6.04 Å². The molecule has 0 bridgehead atoms. The molecule has 1 N–H and O–H groups in total. The highest BCUT2D eigenvalue weighted by Gasteiger charge is 2.27. The molecule has 1 amide bonds. The van der Waals surface area contributed by atoms with Crippen LogP contribution in [0.4, 0.5) is 5.69 Å². The summed E-state index contributed by atoms with van der Waals surface area (Å²) >= 11 is 0. The lowest BCUT2D eigenvalue weighted by molar-refractivity contribution is -0.124. The first kappa shape index (κ1) is 24.3. The highest BCUT2D eigenvalue weighted by atomic mass is 32.2. The van der Waals surface area contributed by atoms with Crippen LogP contribution in [0.3, 0.4) is 0 Å². The first-order valence-electron chi connectivity index (χ1n) is 11.1. The van der Waals surface area contributed by atoms with E-state index in [2.05, 4.69) is 5.32 Å². The number of methoxy groups -OCH3 is 1. The molecule has 0 unspecified atom stereocenters. The summed E-state index contributed by atoms with van der Waals surface area (Å²) in [4.78, 5) is 24.3. The van der Waals surface area contributed by atoms with Gasteiger partial charge in [-0.3, -0.25) is 9.10 Å². The molecular formula is C26H26N2O6S. The molecule has 0 spiro atoms. The largest absolute Gasteiger partial charge is 0.497 e. The van der Waals surface area contributed by atoms with E-state index in [9.17, 15) is 18.0 Å². The van der Waals surface area contributed by atoms with Crippen LogP contribution in [0, 0.1) is 0 Å². The maximum absolute atomic E-state index is 13.7. The SMILES string of the molecule is COc1ccc(N(Cc2ccccc2)S(=O)(=O)c2cccc(C(=O)OCC(=O)NC3CC3)c2)cc1.